The van der Waals surface area contributed by atoms with Crippen molar-refractivity contribution in [2.24, 2.45) is 7.05 Å². The monoisotopic (exact) mass is 296 g/mol. The molecular formula is C19H12N4. The summed E-state index contributed by atoms with van der Waals surface area (Å²) in [5.41, 5.74) is 3.73. The minimum atomic E-state index is 0.110. The summed E-state index contributed by atoms with van der Waals surface area (Å²) in [6.07, 6.45) is 15.2. The van der Waals surface area contributed by atoms with E-state index in [1.165, 1.54) is 11.1 Å². The minimum absolute atomic E-state index is 0.110. The topological polar surface area (TPSA) is 65.4 Å². The van der Waals surface area contributed by atoms with Gasteiger partial charge in [0.1, 0.15) is 12.1 Å². The first kappa shape index (κ1) is 14.4. The van der Waals surface area contributed by atoms with Crippen LogP contribution in [0.15, 0.2) is 59.3 Å². The Morgan fingerprint density at radius 3 is 2.39 bits per heavy atom. The first-order valence-corrected chi connectivity index (χ1v) is 7.08. The van der Waals surface area contributed by atoms with Gasteiger partial charge in [-0.2, -0.15) is 10.5 Å². The third kappa shape index (κ3) is 2.77. The molecule has 0 N–H and O–H groups in total. The maximum atomic E-state index is 9.04. The average molecular weight is 296 g/mol. The molecule has 0 unspecified atom stereocenters. The molecule has 0 aromatic carbocycles. The molecule has 0 aliphatic heterocycles. The summed E-state index contributed by atoms with van der Waals surface area (Å²) >= 11 is 0. The van der Waals surface area contributed by atoms with E-state index in [1.807, 2.05) is 30.4 Å². The fraction of sp³-hybridized carbons (Fsp3) is 0.105. The molecule has 4 heteroatoms. The Hall–Kier alpha value is -3.55. The smallest absolute Gasteiger partial charge is 0.187 e. The Kier molecular flexibility index (Phi) is 3.79. The van der Waals surface area contributed by atoms with E-state index in [4.69, 9.17) is 10.5 Å². The highest BCUT2D eigenvalue weighted by Gasteiger charge is 2.12. The summed E-state index contributed by atoms with van der Waals surface area (Å²) in [6.45, 7) is 0. The van der Waals surface area contributed by atoms with E-state index < -0.39 is 0 Å². The van der Waals surface area contributed by atoms with E-state index in [0.717, 1.165) is 12.0 Å². The van der Waals surface area contributed by atoms with Crippen LogP contribution in [0.25, 0.3) is 0 Å². The molecule has 1 heterocycles. The van der Waals surface area contributed by atoms with E-state index in [0.29, 0.717) is 5.82 Å². The normalized spacial score (nSPS) is 15.0. The number of hydrogen-bond donors (Lipinski definition) is 0. The summed E-state index contributed by atoms with van der Waals surface area (Å²) in [4.78, 5) is 4.09. The lowest BCUT2D eigenvalue weighted by Crippen LogP contribution is -1.96. The van der Waals surface area contributed by atoms with Crippen molar-refractivity contribution in [3.8, 4) is 24.0 Å². The Balaban J connectivity index is 1.84. The number of nitriles is 2. The van der Waals surface area contributed by atoms with Gasteiger partial charge in [-0.3, -0.25) is 0 Å². The fourth-order valence-electron chi connectivity index (χ4n) is 2.39. The van der Waals surface area contributed by atoms with Gasteiger partial charge in [-0.15, -0.1) is 0 Å². The Morgan fingerprint density at radius 2 is 1.83 bits per heavy atom. The van der Waals surface area contributed by atoms with Gasteiger partial charge in [0.25, 0.3) is 0 Å². The van der Waals surface area contributed by atoms with Crippen LogP contribution in [0.4, 0.5) is 0 Å². The van der Waals surface area contributed by atoms with Crippen molar-refractivity contribution in [1.29, 1.82) is 10.5 Å². The summed E-state index contributed by atoms with van der Waals surface area (Å²) in [6, 6.07) is 3.89. The predicted molar refractivity (Wildman–Crippen MR) is 86.7 cm³/mol. The molecule has 0 saturated carbocycles. The standard InChI is InChI=1S/C19H12N4/c1-23-18(13-21)17(12-20)22-19(23)11-8-14-6-9-16(10-7-14)15-4-2-3-5-15/h2-7,9H,10H2,1H3. The number of imidazole rings is 1. The van der Waals surface area contributed by atoms with Gasteiger partial charge in [-0.25, -0.2) is 4.98 Å². The highest BCUT2D eigenvalue weighted by Crippen LogP contribution is 2.22. The van der Waals surface area contributed by atoms with E-state index in [2.05, 4.69) is 41.1 Å². The molecule has 2 aliphatic carbocycles. The second-order valence-corrected chi connectivity index (χ2v) is 5.06. The zero-order valence-corrected chi connectivity index (χ0v) is 12.5. The van der Waals surface area contributed by atoms with Crippen LogP contribution in [-0.4, -0.2) is 9.55 Å². The van der Waals surface area contributed by atoms with Crippen LogP contribution in [0.5, 0.6) is 0 Å². The average Bonchev–Trinajstić information content (AvgIpc) is 3.21. The molecule has 23 heavy (non-hydrogen) atoms. The number of allylic oxidation sites excluding steroid dienone is 10. The van der Waals surface area contributed by atoms with Gasteiger partial charge in [0.2, 0.25) is 0 Å². The van der Waals surface area contributed by atoms with Crippen LogP contribution in [0, 0.1) is 34.5 Å². The maximum Gasteiger partial charge on any atom is 0.187 e. The van der Waals surface area contributed by atoms with Crippen molar-refractivity contribution in [1.82, 2.24) is 9.55 Å². The van der Waals surface area contributed by atoms with Crippen molar-refractivity contribution in [3.05, 3.63) is 76.5 Å². The number of nitrogens with zero attached hydrogens (tertiary/aromatic N) is 4. The van der Waals surface area contributed by atoms with E-state index >= 15 is 0 Å². The van der Waals surface area contributed by atoms with Crippen molar-refractivity contribution in [3.63, 3.8) is 0 Å². The van der Waals surface area contributed by atoms with Crippen molar-refractivity contribution in [2.75, 3.05) is 0 Å². The van der Waals surface area contributed by atoms with E-state index in [1.54, 1.807) is 11.6 Å². The molecule has 0 spiro atoms. The lowest BCUT2D eigenvalue weighted by molar-refractivity contribution is 0.878. The maximum absolute atomic E-state index is 9.04. The van der Waals surface area contributed by atoms with Crippen LogP contribution in [0.2, 0.25) is 0 Å². The van der Waals surface area contributed by atoms with Crippen LogP contribution in [0.1, 0.15) is 23.6 Å². The summed E-state index contributed by atoms with van der Waals surface area (Å²) in [5.74, 6) is 6.39. The lowest BCUT2D eigenvalue weighted by Gasteiger charge is -2.06. The molecule has 2 aliphatic rings. The SMILES string of the molecule is Cn1c(C#CC2=CCC(=C3C=CC=C3)C=C2)nc(C#N)c1C#N. The molecule has 4 nitrogen and oxygen atoms in total. The quantitative estimate of drug-likeness (QED) is 0.691. The third-order valence-corrected chi connectivity index (χ3v) is 3.67. The molecule has 3 rings (SSSR count). The highest BCUT2D eigenvalue weighted by molar-refractivity contribution is 5.54. The zero-order valence-electron chi connectivity index (χ0n) is 12.5. The van der Waals surface area contributed by atoms with Gasteiger partial charge in [0.15, 0.2) is 17.2 Å². The van der Waals surface area contributed by atoms with Gasteiger partial charge in [-0.1, -0.05) is 42.4 Å². The third-order valence-electron chi connectivity index (χ3n) is 3.67. The molecule has 1 aromatic heterocycles. The van der Waals surface area contributed by atoms with Crippen LogP contribution in [-0.2, 0) is 7.05 Å². The van der Waals surface area contributed by atoms with E-state index in [-0.39, 0.29) is 11.4 Å². The minimum Gasteiger partial charge on any atom is -0.311 e. The predicted octanol–water partition coefficient (Wildman–Crippen LogP) is 2.82. The molecule has 0 fully saturated rings. The molecule has 0 bridgehead atoms. The van der Waals surface area contributed by atoms with E-state index in [9.17, 15) is 0 Å². The first-order chi connectivity index (χ1) is 11.2. The van der Waals surface area contributed by atoms with Crippen LogP contribution >= 0.6 is 0 Å². The van der Waals surface area contributed by atoms with Gasteiger partial charge in [0, 0.05) is 12.6 Å². The second-order valence-electron chi connectivity index (χ2n) is 5.06. The number of rotatable bonds is 0. The first-order valence-electron chi connectivity index (χ1n) is 7.08. The second kappa shape index (κ2) is 6.06. The molecule has 0 atom stereocenters. The highest BCUT2D eigenvalue weighted by atomic mass is 15.1. The summed E-state index contributed by atoms with van der Waals surface area (Å²) in [7, 11) is 1.68. The van der Waals surface area contributed by atoms with Gasteiger partial charge in [-0.05, 0) is 29.6 Å². The largest absolute Gasteiger partial charge is 0.311 e. The van der Waals surface area contributed by atoms with Gasteiger partial charge >= 0.3 is 0 Å². The summed E-state index contributed by atoms with van der Waals surface area (Å²) in [5, 5.41) is 18.0. The zero-order chi connectivity index (χ0) is 16.2. The molecule has 0 radical (unpaired) electrons. The summed E-state index contributed by atoms with van der Waals surface area (Å²) < 4.78 is 1.54. The van der Waals surface area contributed by atoms with Crippen LogP contribution in [0.3, 0.4) is 0 Å². The van der Waals surface area contributed by atoms with Crippen molar-refractivity contribution in [2.45, 2.75) is 6.42 Å². The Morgan fingerprint density at radius 1 is 1.04 bits per heavy atom. The molecule has 1 aromatic rings. The molecular weight excluding hydrogens is 284 g/mol. The Labute approximate surface area is 134 Å². The Bertz CT molecular complexity index is 954. The molecule has 0 saturated heterocycles. The lowest BCUT2D eigenvalue weighted by atomic mass is 9.98. The van der Waals surface area contributed by atoms with Gasteiger partial charge < -0.3 is 4.57 Å². The van der Waals surface area contributed by atoms with Crippen molar-refractivity contribution >= 4 is 0 Å². The van der Waals surface area contributed by atoms with Crippen LogP contribution < -0.4 is 0 Å². The number of aromatic nitrogens is 2. The van der Waals surface area contributed by atoms with Gasteiger partial charge in [0.05, 0.1) is 0 Å². The number of hydrogen-bond acceptors (Lipinski definition) is 3. The molecule has 0 amide bonds. The van der Waals surface area contributed by atoms with Crippen molar-refractivity contribution < 1.29 is 0 Å². The fourth-order valence-corrected chi connectivity index (χ4v) is 2.39. The molecule has 108 valence electrons.